The van der Waals surface area contributed by atoms with Crippen LogP contribution in [0.3, 0.4) is 0 Å². The van der Waals surface area contributed by atoms with E-state index < -0.39 is 10.0 Å². The van der Waals surface area contributed by atoms with Gasteiger partial charge in [-0.3, -0.25) is 4.79 Å². The van der Waals surface area contributed by atoms with Crippen LogP contribution in [0.15, 0.2) is 53.4 Å². The molecule has 0 radical (unpaired) electrons. The van der Waals surface area contributed by atoms with Crippen molar-refractivity contribution in [2.45, 2.75) is 23.8 Å². The maximum absolute atomic E-state index is 12.8. The van der Waals surface area contributed by atoms with Crippen LogP contribution in [0.2, 0.25) is 0 Å². The number of fused-ring (bicyclic) bond motifs is 1. The second-order valence-corrected chi connectivity index (χ2v) is 7.91. The molecule has 6 nitrogen and oxygen atoms in total. The highest BCUT2D eigenvalue weighted by Crippen LogP contribution is 2.32. The van der Waals surface area contributed by atoms with Gasteiger partial charge in [0.25, 0.3) is 5.91 Å². The molecular weight excluding hydrogens is 340 g/mol. The predicted octanol–water partition coefficient (Wildman–Crippen LogP) is 2.17. The fraction of sp³-hybridized carbons (Fsp3) is 0.278. The van der Waals surface area contributed by atoms with E-state index in [9.17, 15) is 13.2 Å². The Morgan fingerprint density at radius 2 is 1.80 bits per heavy atom. The monoisotopic (exact) mass is 358 g/mol. The molecule has 0 unspecified atom stereocenters. The second kappa shape index (κ2) is 6.16. The smallest absolute Gasteiger partial charge is 0.258 e. The van der Waals surface area contributed by atoms with Gasteiger partial charge >= 0.3 is 0 Å². The number of ether oxygens (including phenoxy) is 1. The summed E-state index contributed by atoms with van der Waals surface area (Å²) in [5.74, 6) is 0.504. The minimum absolute atomic E-state index is 0.0520. The van der Waals surface area contributed by atoms with Crippen molar-refractivity contribution in [3.05, 3.63) is 54.1 Å². The molecule has 0 atom stereocenters. The maximum Gasteiger partial charge on any atom is 0.258 e. The van der Waals surface area contributed by atoms with Gasteiger partial charge in [-0.1, -0.05) is 12.1 Å². The van der Waals surface area contributed by atoms with E-state index in [1.165, 1.54) is 12.1 Å². The van der Waals surface area contributed by atoms with Gasteiger partial charge in [0.15, 0.2) is 0 Å². The van der Waals surface area contributed by atoms with Crippen LogP contribution in [-0.2, 0) is 10.0 Å². The number of benzene rings is 2. The van der Waals surface area contributed by atoms with Gasteiger partial charge in [-0.15, -0.1) is 0 Å². The first kappa shape index (κ1) is 16.1. The Bertz CT molecular complexity index is 905. The van der Waals surface area contributed by atoms with E-state index in [4.69, 9.17) is 4.74 Å². The van der Waals surface area contributed by atoms with Crippen molar-refractivity contribution >= 4 is 21.6 Å². The number of amides is 1. The molecule has 1 aliphatic carbocycles. The minimum Gasteiger partial charge on any atom is -0.490 e. The average Bonchev–Trinajstić information content (AvgIpc) is 3.44. The van der Waals surface area contributed by atoms with Crippen LogP contribution in [-0.4, -0.2) is 33.5 Å². The van der Waals surface area contributed by atoms with E-state index in [0.29, 0.717) is 24.5 Å². The average molecular weight is 358 g/mol. The highest BCUT2D eigenvalue weighted by atomic mass is 32.2. The first-order valence-corrected chi connectivity index (χ1v) is 9.69. The third-order valence-corrected chi connectivity index (χ3v) is 5.82. The largest absolute Gasteiger partial charge is 0.490 e. The molecule has 0 aromatic heterocycles. The molecule has 1 N–H and O–H groups in total. The molecule has 0 bridgehead atoms. The van der Waals surface area contributed by atoms with Gasteiger partial charge in [0.1, 0.15) is 12.4 Å². The van der Waals surface area contributed by atoms with E-state index in [1.54, 1.807) is 17.0 Å². The molecule has 0 saturated heterocycles. The van der Waals surface area contributed by atoms with Crippen LogP contribution in [0.5, 0.6) is 5.75 Å². The summed E-state index contributed by atoms with van der Waals surface area (Å²) >= 11 is 0. The molecule has 1 heterocycles. The zero-order chi connectivity index (χ0) is 17.4. The molecule has 2 aliphatic rings. The fourth-order valence-corrected chi connectivity index (χ4v) is 4.11. The molecule has 0 spiro atoms. The van der Waals surface area contributed by atoms with E-state index in [2.05, 4.69) is 4.72 Å². The van der Waals surface area contributed by atoms with Crippen molar-refractivity contribution in [2.24, 2.45) is 0 Å². The number of carbonyl (C=O) groups is 1. The molecule has 1 fully saturated rings. The van der Waals surface area contributed by atoms with Crippen molar-refractivity contribution in [3.63, 3.8) is 0 Å². The summed E-state index contributed by atoms with van der Waals surface area (Å²) in [7, 11) is -3.51. The zero-order valence-electron chi connectivity index (χ0n) is 13.5. The second-order valence-electron chi connectivity index (χ2n) is 6.19. The lowest BCUT2D eigenvalue weighted by atomic mass is 10.1. The SMILES string of the molecule is O=C(c1ccc(S(=O)(=O)NC2CC2)cc1)N1CCOc2ccccc21. The molecule has 4 rings (SSSR count). The quantitative estimate of drug-likeness (QED) is 0.909. The Hall–Kier alpha value is -2.38. The van der Waals surface area contributed by atoms with Crippen molar-refractivity contribution in [1.29, 1.82) is 0 Å². The Balaban J connectivity index is 1.57. The fourth-order valence-electron chi connectivity index (χ4n) is 2.80. The van der Waals surface area contributed by atoms with E-state index in [-0.39, 0.29) is 16.8 Å². The highest BCUT2D eigenvalue weighted by Gasteiger charge is 2.28. The van der Waals surface area contributed by atoms with Gasteiger partial charge in [-0.2, -0.15) is 0 Å². The predicted molar refractivity (Wildman–Crippen MR) is 93.4 cm³/mol. The number of hydrogen-bond donors (Lipinski definition) is 1. The Kier molecular flexibility index (Phi) is 3.97. The van der Waals surface area contributed by atoms with Crippen molar-refractivity contribution in [3.8, 4) is 5.75 Å². The van der Waals surface area contributed by atoms with Gasteiger partial charge in [-0.25, -0.2) is 13.1 Å². The van der Waals surface area contributed by atoms with Gasteiger partial charge in [0, 0.05) is 11.6 Å². The molecule has 2 aromatic carbocycles. The Labute approximate surface area is 146 Å². The molecular formula is C18H18N2O4S. The van der Waals surface area contributed by atoms with Crippen molar-refractivity contribution < 1.29 is 17.9 Å². The Morgan fingerprint density at radius 1 is 1.08 bits per heavy atom. The number of rotatable bonds is 4. The van der Waals surface area contributed by atoms with Gasteiger partial charge in [0.2, 0.25) is 10.0 Å². The lowest BCUT2D eigenvalue weighted by Crippen LogP contribution is -2.37. The van der Waals surface area contributed by atoms with E-state index in [1.807, 2.05) is 24.3 Å². The van der Waals surface area contributed by atoms with Crippen LogP contribution in [0, 0.1) is 0 Å². The highest BCUT2D eigenvalue weighted by molar-refractivity contribution is 7.89. The summed E-state index contributed by atoms with van der Waals surface area (Å²) in [5, 5.41) is 0. The standard InChI is InChI=1S/C18H18N2O4S/c21-18(20-11-12-24-17-4-2-1-3-16(17)20)13-5-9-15(10-6-13)25(22,23)19-14-7-8-14/h1-6,9-10,14,19H,7-8,11-12H2. The van der Waals surface area contributed by atoms with Gasteiger partial charge in [0.05, 0.1) is 17.1 Å². The number of carbonyl (C=O) groups excluding carboxylic acids is 1. The van der Waals surface area contributed by atoms with Crippen LogP contribution < -0.4 is 14.4 Å². The van der Waals surface area contributed by atoms with Crippen molar-refractivity contribution in [1.82, 2.24) is 4.72 Å². The summed E-state index contributed by atoms with van der Waals surface area (Å²) in [6.45, 7) is 0.889. The molecule has 2 aromatic rings. The lowest BCUT2D eigenvalue weighted by Gasteiger charge is -2.29. The summed E-state index contributed by atoms with van der Waals surface area (Å²) in [5.41, 5.74) is 1.17. The summed E-state index contributed by atoms with van der Waals surface area (Å²) in [6.07, 6.45) is 1.76. The third-order valence-electron chi connectivity index (χ3n) is 4.28. The molecule has 25 heavy (non-hydrogen) atoms. The number of anilines is 1. The summed E-state index contributed by atoms with van der Waals surface area (Å²) in [4.78, 5) is 14.7. The number of para-hydroxylation sites is 2. The number of nitrogens with one attached hydrogen (secondary N) is 1. The maximum atomic E-state index is 12.8. The van der Waals surface area contributed by atoms with E-state index in [0.717, 1.165) is 18.5 Å². The number of sulfonamides is 1. The number of hydrogen-bond acceptors (Lipinski definition) is 4. The van der Waals surface area contributed by atoms with E-state index >= 15 is 0 Å². The summed E-state index contributed by atoms with van der Waals surface area (Å²) in [6, 6.07) is 13.5. The molecule has 1 amide bonds. The first-order chi connectivity index (χ1) is 12.0. The lowest BCUT2D eigenvalue weighted by molar-refractivity contribution is 0.0976. The zero-order valence-corrected chi connectivity index (χ0v) is 14.3. The number of nitrogens with zero attached hydrogens (tertiary/aromatic N) is 1. The topological polar surface area (TPSA) is 75.7 Å². The first-order valence-electron chi connectivity index (χ1n) is 8.21. The summed E-state index contributed by atoms with van der Waals surface area (Å²) < 4.78 is 32.6. The van der Waals surface area contributed by atoms with Crippen LogP contribution >= 0.6 is 0 Å². The third kappa shape index (κ3) is 3.25. The normalized spacial score (nSPS) is 16.9. The van der Waals surface area contributed by atoms with Gasteiger partial charge < -0.3 is 9.64 Å². The van der Waals surface area contributed by atoms with Gasteiger partial charge in [-0.05, 0) is 49.2 Å². The molecule has 1 aliphatic heterocycles. The van der Waals surface area contributed by atoms with Crippen LogP contribution in [0.4, 0.5) is 5.69 Å². The minimum atomic E-state index is -3.51. The Morgan fingerprint density at radius 3 is 2.52 bits per heavy atom. The molecule has 130 valence electrons. The molecule has 1 saturated carbocycles. The van der Waals surface area contributed by atoms with Crippen LogP contribution in [0.25, 0.3) is 0 Å². The van der Waals surface area contributed by atoms with Crippen molar-refractivity contribution in [2.75, 3.05) is 18.1 Å². The molecule has 7 heteroatoms. The van der Waals surface area contributed by atoms with Crippen LogP contribution in [0.1, 0.15) is 23.2 Å².